The van der Waals surface area contributed by atoms with Crippen molar-refractivity contribution in [2.45, 2.75) is 13.8 Å². The van der Waals surface area contributed by atoms with Gasteiger partial charge >= 0.3 is 0 Å². The average Bonchev–Trinajstić information content (AvgIpc) is 2.28. The molecule has 0 atom stereocenters. The highest BCUT2D eigenvalue weighted by atomic mass is 14.1. The fourth-order valence-electron chi connectivity index (χ4n) is 2.55. The van der Waals surface area contributed by atoms with Crippen LogP contribution in [0.3, 0.4) is 0 Å². The van der Waals surface area contributed by atoms with Gasteiger partial charge in [0.25, 0.3) is 0 Å². The molecule has 0 spiro atoms. The third kappa shape index (κ3) is 1.30. The van der Waals surface area contributed by atoms with Crippen molar-refractivity contribution < 1.29 is 0 Å². The summed E-state index contributed by atoms with van der Waals surface area (Å²) < 4.78 is 0. The van der Waals surface area contributed by atoms with Crippen molar-refractivity contribution in [3.63, 3.8) is 0 Å². The summed E-state index contributed by atoms with van der Waals surface area (Å²) in [6, 6.07) is 17.5. The Morgan fingerprint density at radius 1 is 0.750 bits per heavy atom. The molecule has 3 aromatic rings. The van der Waals surface area contributed by atoms with Crippen LogP contribution in [0.2, 0.25) is 0 Å². The van der Waals surface area contributed by atoms with Crippen LogP contribution in [0.5, 0.6) is 0 Å². The molecule has 0 N–H and O–H groups in total. The van der Waals surface area contributed by atoms with Crippen molar-refractivity contribution in [2.75, 3.05) is 0 Å². The molecule has 0 nitrogen and oxygen atoms in total. The van der Waals surface area contributed by atoms with E-state index in [0.29, 0.717) is 0 Å². The number of aryl methyl sites for hydroxylation is 2. The molecule has 0 saturated carbocycles. The predicted molar refractivity (Wildman–Crippen MR) is 70.9 cm³/mol. The molecule has 78 valence electrons. The molecule has 0 unspecified atom stereocenters. The monoisotopic (exact) mass is 206 g/mol. The summed E-state index contributed by atoms with van der Waals surface area (Å²) in [7, 11) is 0. The largest absolute Gasteiger partial charge is 0.0616 e. The van der Waals surface area contributed by atoms with Gasteiger partial charge in [-0.1, -0.05) is 54.1 Å². The number of fused-ring (bicyclic) bond motifs is 3. The number of hydrogen-bond donors (Lipinski definition) is 0. The SMILES string of the molecule is Cc1cc(C)c2c(ccc3ccccc32)c1. The van der Waals surface area contributed by atoms with E-state index in [1.807, 2.05) is 0 Å². The van der Waals surface area contributed by atoms with E-state index >= 15 is 0 Å². The number of benzene rings is 3. The fourth-order valence-corrected chi connectivity index (χ4v) is 2.55. The Morgan fingerprint density at radius 2 is 1.50 bits per heavy atom. The van der Waals surface area contributed by atoms with Crippen LogP contribution in [0.4, 0.5) is 0 Å². The number of rotatable bonds is 0. The summed E-state index contributed by atoms with van der Waals surface area (Å²) in [5.41, 5.74) is 2.70. The maximum Gasteiger partial charge on any atom is -0.00759 e. The first-order valence-corrected chi connectivity index (χ1v) is 5.64. The van der Waals surface area contributed by atoms with Crippen molar-refractivity contribution in [3.8, 4) is 0 Å². The van der Waals surface area contributed by atoms with Gasteiger partial charge in [0.1, 0.15) is 0 Å². The van der Waals surface area contributed by atoms with E-state index in [1.165, 1.54) is 32.7 Å². The van der Waals surface area contributed by atoms with Gasteiger partial charge in [0.05, 0.1) is 0 Å². The van der Waals surface area contributed by atoms with Gasteiger partial charge in [-0.25, -0.2) is 0 Å². The zero-order valence-corrected chi connectivity index (χ0v) is 9.62. The predicted octanol–water partition coefficient (Wildman–Crippen LogP) is 4.61. The summed E-state index contributed by atoms with van der Waals surface area (Å²) in [4.78, 5) is 0. The molecule has 0 aliphatic carbocycles. The van der Waals surface area contributed by atoms with Crippen LogP contribution >= 0.6 is 0 Å². The summed E-state index contributed by atoms with van der Waals surface area (Å²) in [5.74, 6) is 0. The highest BCUT2D eigenvalue weighted by Crippen LogP contribution is 2.28. The Kier molecular flexibility index (Phi) is 1.97. The van der Waals surface area contributed by atoms with Crippen LogP contribution in [0.25, 0.3) is 21.5 Å². The molecule has 0 amide bonds. The molecule has 3 aromatic carbocycles. The highest BCUT2D eigenvalue weighted by molar-refractivity contribution is 6.09. The van der Waals surface area contributed by atoms with E-state index in [-0.39, 0.29) is 0 Å². The van der Waals surface area contributed by atoms with Gasteiger partial charge in [0, 0.05) is 0 Å². The average molecular weight is 206 g/mol. The maximum atomic E-state index is 2.26. The van der Waals surface area contributed by atoms with Crippen LogP contribution in [0.1, 0.15) is 11.1 Å². The molecular formula is C16H14. The first-order valence-electron chi connectivity index (χ1n) is 5.64. The second kappa shape index (κ2) is 3.34. The van der Waals surface area contributed by atoms with E-state index in [9.17, 15) is 0 Å². The van der Waals surface area contributed by atoms with Crippen LogP contribution in [0, 0.1) is 13.8 Å². The van der Waals surface area contributed by atoms with Crippen LogP contribution in [-0.2, 0) is 0 Å². The van der Waals surface area contributed by atoms with Crippen molar-refractivity contribution in [1.82, 2.24) is 0 Å². The van der Waals surface area contributed by atoms with Gasteiger partial charge in [0.15, 0.2) is 0 Å². The van der Waals surface area contributed by atoms with E-state index in [1.54, 1.807) is 0 Å². The van der Waals surface area contributed by atoms with Crippen LogP contribution in [0.15, 0.2) is 48.5 Å². The Bertz CT molecular complexity index is 678. The summed E-state index contributed by atoms with van der Waals surface area (Å²) >= 11 is 0. The van der Waals surface area contributed by atoms with Crippen LogP contribution in [-0.4, -0.2) is 0 Å². The summed E-state index contributed by atoms with van der Waals surface area (Å²) in [6.07, 6.45) is 0. The van der Waals surface area contributed by atoms with E-state index in [2.05, 4.69) is 62.4 Å². The maximum absolute atomic E-state index is 2.26. The van der Waals surface area contributed by atoms with Gasteiger partial charge in [-0.3, -0.25) is 0 Å². The molecule has 0 aliphatic heterocycles. The lowest BCUT2D eigenvalue weighted by Gasteiger charge is -2.08. The lowest BCUT2D eigenvalue weighted by Crippen LogP contribution is -1.83. The molecule has 0 aromatic heterocycles. The minimum absolute atomic E-state index is 1.32. The molecule has 16 heavy (non-hydrogen) atoms. The highest BCUT2D eigenvalue weighted by Gasteiger charge is 2.03. The quantitative estimate of drug-likeness (QED) is 0.471. The molecule has 0 heterocycles. The normalized spacial score (nSPS) is 11.1. The van der Waals surface area contributed by atoms with E-state index < -0.39 is 0 Å². The van der Waals surface area contributed by atoms with E-state index in [0.717, 1.165) is 0 Å². The molecular weight excluding hydrogens is 192 g/mol. The second-order valence-corrected chi connectivity index (χ2v) is 4.47. The van der Waals surface area contributed by atoms with Gasteiger partial charge in [0.2, 0.25) is 0 Å². The van der Waals surface area contributed by atoms with Crippen molar-refractivity contribution in [2.24, 2.45) is 0 Å². The Labute approximate surface area is 95.5 Å². The summed E-state index contributed by atoms with van der Waals surface area (Å²) in [6.45, 7) is 4.35. The van der Waals surface area contributed by atoms with Crippen LogP contribution < -0.4 is 0 Å². The molecule has 0 heteroatoms. The topological polar surface area (TPSA) is 0 Å². The standard InChI is InChI=1S/C16H14/c1-11-9-12(2)16-14(10-11)8-7-13-5-3-4-6-15(13)16/h3-10H,1-2H3. The zero-order valence-electron chi connectivity index (χ0n) is 9.62. The first-order chi connectivity index (χ1) is 7.75. The minimum atomic E-state index is 1.32. The smallest absolute Gasteiger partial charge is 0.00759 e. The molecule has 0 radical (unpaired) electrons. The second-order valence-electron chi connectivity index (χ2n) is 4.47. The fraction of sp³-hybridized carbons (Fsp3) is 0.125. The first kappa shape index (κ1) is 9.41. The van der Waals surface area contributed by atoms with E-state index in [4.69, 9.17) is 0 Å². The van der Waals surface area contributed by atoms with Gasteiger partial charge in [-0.15, -0.1) is 0 Å². The Morgan fingerprint density at radius 3 is 2.38 bits per heavy atom. The third-order valence-electron chi connectivity index (χ3n) is 3.18. The number of hydrogen-bond acceptors (Lipinski definition) is 0. The molecule has 3 rings (SSSR count). The molecule has 0 saturated heterocycles. The van der Waals surface area contributed by atoms with Crippen molar-refractivity contribution in [1.29, 1.82) is 0 Å². The Balaban J connectivity index is 2.60. The zero-order chi connectivity index (χ0) is 11.1. The lowest BCUT2D eigenvalue weighted by molar-refractivity contribution is 1.43. The Hall–Kier alpha value is -1.82. The summed E-state index contributed by atoms with van der Waals surface area (Å²) in [5, 5.41) is 5.42. The molecule has 0 bridgehead atoms. The van der Waals surface area contributed by atoms with Crippen molar-refractivity contribution in [3.05, 3.63) is 59.7 Å². The van der Waals surface area contributed by atoms with Gasteiger partial charge in [-0.2, -0.15) is 0 Å². The lowest BCUT2D eigenvalue weighted by atomic mass is 9.97. The van der Waals surface area contributed by atoms with Gasteiger partial charge < -0.3 is 0 Å². The minimum Gasteiger partial charge on any atom is -0.0616 e. The van der Waals surface area contributed by atoms with Gasteiger partial charge in [-0.05, 0) is 41.0 Å². The van der Waals surface area contributed by atoms with Crippen molar-refractivity contribution >= 4 is 21.5 Å². The third-order valence-corrected chi connectivity index (χ3v) is 3.18. The molecule has 0 fully saturated rings. The molecule has 0 aliphatic rings.